The SMILES string of the molecule is Nc1n[nH]c2nc(C3CCC(N4CCOCC4)CC3)cc(-c3ccc(Oc4ccccc4)cc3)c12. The van der Waals surface area contributed by atoms with Crippen LogP contribution in [0.2, 0.25) is 0 Å². The number of nitrogens with zero attached hydrogens (tertiary/aromatic N) is 3. The average molecular weight is 470 g/mol. The lowest BCUT2D eigenvalue weighted by molar-refractivity contribution is 0.00721. The van der Waals surface area contributed by atoms with Gasteiger partial charge in [-0.15, -0.1) is 0 Å². The first-order chi connectivity index (χ1) is 17.2. The molecule has 7 heteroatoms. The summed E-state index contributed by atoms with van der Waals surface area (Å²) >= 11 is 0. The quantitative estimate of drug-likeness (QED) is 0.409. The van der Waals surface area contributed by atoms with Crippen LogP contribution in [0.1, 0.15) is 37.3 Å². The molecule has 4 aromatic rings. The fraction of sp³-hybridized carbons (Fsp3) is 0.357. The number of rotatable bonds is 5. The maximum absolute atomic E-state index is 6.25. The van der Waals surface area contributed by atoms with E-state index in [1.54, 1.807) is 0 Å². The van der Waals surface area contributed by atoms with Crippen LogP contribution in [0, 0.1) is 0 Å². The van der Waals surface area contributed by atoms with Gasteiger partial charge in [-0.1, -0.05) is 30.3 Å². The van der Waals surface area contributed by atoms with E-state index in [2.05, 4.69) is 33.3 Å². The second kappa shape index (κ2) is 9.68. The normalized spacial score (nSPS) is 21.3. The second-order valence-electron chi connectivity index (χ2n) is 9.52. The van der Waals surface area contributed by atoms with Crippen molar-refractivity contribution in [2.75, 3.05) is 32.0 Å². The average Bonchev–Trinajstić information content (AvgIpc) is 3.30. The monoisotopic (exact) mass is 469 g/mol. The molecule has 2 fully saturated rings. The maximum Gasteiger partial charge on any atom is 0.158 e. The van der Waals surface area contributed by atoms with Crippen molar-refractivity contribution < 1.29 is 9.47 Å². The molecule has 2 aromatic heterocycles. The molecule has 180 valence electrons. The molecule has 35 heavy (non-hydrogen) atoms. The Hall–Kier alpha value is -3.42. The number of pyridine rings is 1. The van der Waals surface area contributed by atoms with Crippen LogP contribution in [0.4, 0.5) is 5.82 Å². The first kappa shape index (κ1) is 22.1. The van der Waals surface area contributed by atoms with E-state index in [-0.39, 0.29) is 0 Å². The molecule has 2 aromatic carbocycles. The number of aromatic amines is 1. The zero-order valence-electron chi connectivity index (χ0n) is 19.8. The number of hydrogen-bond donors (Lipinski definition) is 2. The van der Waals surface area contributed by atoms with E-state index >= 15 is 0 Å². The van der Waals surface area contributed by atoms with Crippen molar-refractivity contribution in [3.05, 3.63) is 66.4 Å². The zero-order valence-corrected chi connectivity index (χ0v) is 19.8. The highest BCUT2D eigenvalue weighted by molar-refractivity contribution is 6.00. The molecular formula is C28H31N5O2. The minimum atomic E-state index is 0.445. The van der Waals surface area contributed by atoms with Gasteiger partial charge >= 0.3 is 0 Å². The first-order valence-corrected chi connectivity index (χ1v) is 12.5. The molecule has 1 aliphatic carbocycles. The molecule has 0 radical (unpaired) electrons. The fourth-order valence-electron chi connectivity index (χ4n) is 5.52. The first-order valence-electron chi connectivity index (χ1n) is 12.5. The number of nitrogens with one attached hydrogen (secondary N) is 1. The van der Waals surface area contributed by atoms with Gasteiger partial charge in [0.15, 0.2) is 11.5 Å². The van der Waals surface area contributed by atoms with E-state index in [1.807, 2.05) is 42.5 Å². The minimum absolute atomic E-state index is 0.445. The van der Waals surface area contributed by atoms with Gasteiger partial charge in [-0.25, -0.2) is 4.98 Å². The molecular weight excluding hydrogens is 438 g/mol. The Morgan fingerprint density at radius 2 is 1.63 bits per heavy atom. The van der Waals surface area contributed by atoms with Crippen molar-refractivity contribution in [2.24, 2.45) is 0 Å². The summed E-state index contributed by atoms with van der Waals surface area (Å²) in [5.41, 5.74) is 10.3. The standard InChI is InChI=1S/C28H31N5O2/c29-27-26-24(19-8-12-23(13-9-19)35-22-4-2-1-3-5-22)18-25(30-28(26)32-31-27)20-6-10-21(11-7-20)33-14-16-34-17-15-33/h1-5,8-9,12-13,18,20-21H,6-7,10-11,14-17H2,(H3,29,30,31,32). The third-order valence-electron chi connectivity index (χ3n) is 7.40. The molecule has 0 bridgehead atoms. The molecule has 6 rings (SSSR count). The van der Waals surface area contributed by atoms with Crippen LogP contribution >= 0.6 is 0 Å². The number of ether oxygens (including phenoxy) is 2. The van der Waals surface area contributed by atoms with Crippen molar-refractivity contribution in [3.63, 3.8) is 0 Å². The van der Waals surface area contributed by atoms with Crippen LogP contribution in [0.5, 0.6) is 11.5 Å². The van der Waals surface area contributed by atoms with Crippen molar-refractivity contribution >= 4 is 16.9 Å². The molecule has 0 unspecified atom stereocenters. The number of morpholine rings is 1. The van der Waals surface area contributed by atoms with Gasteiger partial charge in [-0.3, -0.25) is 10.00 Å². The molecule has 7 nitrogen and oxygen atoms in total. The van der Waals surface area contributed by atoms with Gasteiger partial charge in [-0.05, 0) is 67.1 Å². The molecule has 2 aliphatic rings. The molecule has 0 amide bonds. The summed E-state index contributed by atoms with van der Waals surface area (Å²) in [6.07, 6.45) is 4.70. The molecule has 0 atom stereocenters. The van der Waals surface area contributed by atoms with Crippen molar-refractivity contribution in [1.82, 2.24) is 20.1 Å². The Labute approximate surface area is 205 Å². The predicted molar refractivity (Wildman–Crippen MR) is 138 cm³/mol. The maximum atomic E-state index is 6.25. The van der Waals surface area contributed by atoms with E-state index in [9.17, 15) is 0 Å². The van der Waals surface area contributed by atoms with Gasteiger partial charge in [0.05, 0.1) is 18.6 Å². The summed E-state index contributed by atoms with van der Waals surface area (Å²) in [7, 11) is 0. The van der Waals surface area contributed by atoms with E-state index < -0.39 is 0 Å². The van der Waals surface area contributed by atoms with Crippen LogP contribution in [0.15, 0.2) is 60.7 Å². The van der Waals surface area contributed by atoms with Gasteiger partial charge in [0, 0.05) is 30.7 Å². The number of H-pyrrole nitrogens is 1. The number of anilines is 1. The summed E-state index contributed by atoms with van der Waals surface area (Å²) in [4.78, 5) is 7.57. The Kier molecular flexibility index (Phi) is 6.10. The molecule has 1 saturated heterocycles. The number of hydrogen-bond acceptors (Lipinski definition) is 6. The molecule has 1 saturated carbocycles. The Bertz CT molecular complexity index is 1270. The number of nitrogen functional groups attached to an aromatic ring is 1. The van der Waals surface area contributed by atoms with Gasteiger partial charge in [0.2, 0.25) is 0 Å². The lowest BCUT2D eigenvalue weighted by Gasteiger charge is -2.38. The minimum Gasteiger partial charge on any atom is -0.457 e. The van der Waals surface area contributed by atoms with Gasteiger partial charge in [0.1, 0.15) is 11.5 Å². The van der Waals surface area contributed by atoms with Crippen LogP contribution in [0.25, 0.3) is 22.2 Å². The summed E-state index contributed by atoms with van der Waals surface area (Å²) in [5, 5.41) is 8.19. The summed E-state index contributed by atoms with van der Waals surface area (Å²) in [6.45, 7) is 3.83. The van der Waals surface area contributed by atoms with Crippen molar-refractivity contribution in [2.45, 2.75) is 37.6 Å². The van der Waals surface area contributed by atoms with Gasteiger partial charge < -0.3 is 15.2 Å². The zero-order chi connectivity index (χ0) is 23.6. The third-order valence-corrected chi connectivity index (χ3v) is 7.40. The number of nitrogens with two attached hydrogens (primary N) is 1. The number of para-hydroxylation sites is 1. The summed E-state index contributed by atoms with van der Waals surface area (Å²) in [5.74, 6) is 2.54. The molecule has 1 aliphatic heterocycles. The second-order valence-corrected chi connectivity index (χ2v) is 9.52. The predicted octanol–water partition coefficient (Wildman–Crippen LogP) is 5.36. The number of fused-ring (bicyclic) bond motifs is 1. The number of benzene rings is 2. The smallest absolute Gasteiger partial charge is 0.158 e. The topological polar surface area (TPSA) is 89.3 Å². The highest BCUT2D eigenvalue weighted by Crippen LogP contribution is 2.39. The molecule has 3 N–H and O–H groups in total. The Balaban J connectivity index is 1.25. The highest BCUT2D eigenvalue weighted by atomic mass is 16.5. The number of aromatic nitrogens is 3. The van der Waals surface area contributed by atoms with E-state index in [0.717, 1.165) is 78.5 Å². The molecule has 3 heterocycles. The van der Waals surface area contributed by atoms with Gasteiger partial charge in [-0.2, -0.15) is 5.10 Å². The molecule has 0 spiro atoms. The fourth-order valence-corrected chi connectivity index (χ4v) is 5.52. The Morgan fingerprint density at radius 3 is 2.37 bits per heavy atom. The Morgan fingerprint density at radius 1 is 0.914 bits per heavy atom. The van der Waals surface area contributed by atoms with Crippen LogP contribution in [-0.2, 0) is 4.74 Å². The van der Waals surface area contributed by atoms with E-state index in [1.165, 1.54) is 12.8 Å². The van der Waals surface area contributed by atoms with Crippen LogP contribution < -0.4 is 10.5 Å². The summed E-state index contributed by atoms with van der Waals surface area (Å²) < 4.78 is 11.5. The summed E-state index contributed by atoms with van der Waals surface area (Å²) in [6, 6.07) is 20.9. The van der Waals surface area contributed by atoms with Crippen molar-refractivity contribution in [1.29, 1.82) is 0 Å². The van der Waals surface area contributed by atoms with Crippen molar-refractivity contribution in [3.8, 4) is 22.6 Å². The van der Waals surface area contributed by atoms with Crippen LogP contribution in [-0.4, -0.2) is 52.4 Å². The van der Waals surface area contributed by atoms with E-state index in [4.69, 9.17) is 20.2 Å². The lowest BCUT2D eigenvalue weighted by Crippen LogP contribution is -2.44. The highest BCUT2D eigenvalue weighted by Gasteiger charge is 2.29. The van der Waals surface area contributed by atoms with Gasteiger partial charge in [0.25, 0.3) is 0 Å². The lowest BCUT2D eigenvalue weighted by atomic mass is 9.82. The largest absolute Gasteiger partial charge is 0.457 e. The third kappa shape index (κ3) is 4.61. The van der Waals surface area contributed by atoms with Crippen LogP contribution in [0.3, 0.4) is 0 Å². The van der Waals surface area contributed by atoms with E-state index in [0.29, 0.717) is 17.8 Å².